The lowest BCUT2D eigenvalue weighted by molar-refractivity contribution is -0.0914. The van der Waals surface area contributed by atoms with E-state index < -0.39 is 11.7 Å². The first kappa shape index (κ1) is 17.3. The standard InChI is InChI=1S/C15H25F3/c1-8-12(9-11(2)15(16,17)18)14(6,7)10-13(3,4)5/h8-9H,10H2,1-7H3. The molecular formula is C15H25F3. The highest BCUT2D eigenvalue weighted by Crippen LogP contribution is 2.40. The van der Waals surface area contributed by atoms with Crippen molar-refractivity contribution in [3.8, 4) is 0 Å². The van der Waals surface area contributed by atoms with Crippen molar-refractivity contribution in [1.82, 2.24) is 0 Å². The molecule has 0 bridgehead atoms. The Labute approximate surface area is 109 Å². The number of hydrogen-bond acceptors (Lipinski definition) is 0. The van der Waals surface area contributed by atoms with Crippen LogP contribution in [0.25, 0.3) is 0 Å². The minimum Gasteiger partial charge on any atom is -0.166 e. The van der Waals surface area contributed by atoms with Gasteiger partial charge in [-0.2, -0.15) is 13.2 Å². The van der Waals surface area contributed by atoms with Gasteiger partial charge in [0.15, 0.2) is 0 Å². The first-order valence-electron chi connectivity index (χ1n) is 6.22. The third-order valence-corrected chi connectivity index (χ3v) is 2.88. The molecule has 0 heterocycles. The molecule has 0 N–H and O–H groups in total. The number of allylic oxidation sites excluding steroid dienone is 4. The highest BCUT2D eigenvalue weighted by atomic mass is 19.4. The fourth-order valence-electron chi connectivity index (χ4n) is 2.41. The Morgan fingerprint density at radius 2 is 1.44 bits per heavy atom. The molecule has 0 saturated carbocycles. The summed E-state index contributed by atoms with van der Waals surface area (Å²) in [5.74, 6) is 0. The molecule has 0 aliphatic carbocycles. The summed E-state index contributed by atoms with van der Waals surface area (Å²) in [5, 5.41) is 0. The summed E-state index contributed by atoms with van der Waals surface area (Å²) in [7, 11) is 0. The van der Waals surface area contributed by atoms with Gasteiger partial charge in [-0.3, -0.25) is 0 Å². The van der Waals surface area contributed by atoms with Crippen LogP contribution in [0.2, 0.25) is 0 Å². The Morgan fingerprint density at radius 3 is 1.72 bits per heavy atom. The van der Waals surface area contributed by atoms with E-state index in [1.165, 1.54) is 6.08 Å². The molecule has 0 aromatic rings. The Balaban J connectivity index is 5.25. The molecule has 0 rings (SSSR count). The maximum absolute atomic E-state index is 12.6. The predicted molar refractivity (Wildman–Crippen MR) is 71.4 cm³/mol. The van der Waals surface area contributed by atoms with Crippen LogP contribution in [-0.2, 0) is 0 Å². The molecule has 0 fully saturated rings. The average Bonchev–Trinajstić information content (AvgIpc) is 2.07. The van der Waals surface area contributed by atoms with Gasteiger partial charge in [-0.25, -0.2) is 0 Å². The monoisotopic (exact) mass is 262 g/mol. The molecule has 18 heavy (non-hydrogen) atoms. The Hall–Kier alpha value is -0.730. The third kappa shape index (κ3) is 5.74. The minimum atomic E-state index is -4.24. The first-order chi connectivity index (χ1) is 7.79. The maximum atomic E-state index is 12.6. The summed E-state index contributed by atoms with van der Waals surface area (Å²) in [6.45, 7) is 13.2. The number of rotatable bonds is 3. The van der Waals surface area contributed by atoms with Crippen LogP contribution < -0.4 is 0 Å². The van der Waals surface area contributed by atoms with E-state index in [2.05, 4.69) is 20.8 Å². The van der Waals surface area contributed by atoms with Gasteiger partial charge in [-0.15, -0.1) is 0 Å². The minimum absolute atomic E-state index is 0.0811. The van der Waals surface area contributed by atoms with Crippen LogP contribution in [-0.4, -0.2) is 6.18 Å². The second-order valence-electron chi connectivity index (χ2n) is 6.69. The molecule has 0 nitrogen and oxygen atoms in total. The second kappa shape index (κ2) is 5.50. The van der Waals surface area contributed by atoms with Crippen LogP contribution in [0.3, 0.4) is 0 Å². The molecule has 3 heteroatoms. The van der Waals surface area contributed by atoms with E-state index in [1.807, 2.05) is 13.8 Å². The molecule has 0 aromatic heterocycles. The molecule has 0 radical (unpaired) electrons. The Kier molecular flexibility index (Phi) is 5.27. The van der Waals surface area contributed by atoms with E-state index in [0.717, 1.165) is 18.9 Å². The van der Waals surface area contributed by atoms with Crippen LogP contribution >= 0.6 is 0 Å². The molecule has 0 aliphatic rings. The highest BCUT2D eigenvalue weighted by molar-refractivity contribution is 5.30. The van der Waals surface area contributed by atoms with Crippen molar-refractivity contribution in [1.29, 1.82) is 0 Å². The fourth-order valence-corrected chi connectivity index (χ4v) is 2.41. The van der Waals surface area contributed by atoms with E-state index in [1.54, 1.807) is 13.0 Å². The van der Waals surface area contributed by atoms with Crippen molar-refractivity contribution in [2.24, 2.45) is 10.8 Å². The zero-order valence-electron chi connectivity index (χ0n) is 12.5. The van der Waals surface area contributed by atoms with Gasteiger partial charge >= 0.3 is 6.18 Å². The third-order valence-electron chi connectivity index (χ3n) is 2.88. The molecule has 0 saturated heterocycles. The highest BCUT2D eigenvalue weighted by Gasteiger charge is 2.33. The van der Waals surface area contributed by atoms with E-state index in [9.17, 15) is 13.2 Å². The van der Waals surface area contributed by atoms with Gasteiger partial charge in [0.05, 0.1) is 0 Å². The lowest BCUT2D eigenvalue weighted by Gasteiger charge is -2.34. The van der Waals surface area contributed by atoms with Crippen LogP contribution in [0.15, 0.2) is 23.3 Å². The van der Waals surface area contributed by atoms with Crippen LogP contribution in [0.1, 0.15) is 54.9 Å². The topological polar surface area (TPSA) is 0 Å². The van der Waals surface area contributed by atoms with E-state index >= 15 is 0 Å². The van der Waals surface area contributed by atoms with E-state index in [4.69, 9.17) is 0 Å². The zero-order chi connectivity index (χ0) is 14.8. The van der Waals surface area contributed by atoms with Gasteiger partial charge in [0, 0.05) is 5.57 Å². The summed E-state index contributed by atoms with van der Waals surface area (Å²) in [6, 6.07) is 0. The lowest BCUT2D eigenvalue weighted by atomic mass is 9.71. The molecule has 0 aromatic carbocycles. The van der Waals surface area contributed by atoms with E-state index in [0.29, 0.717) is 0 Å². The normalized spacial score (nSPS) is 16.1. The molecule has 106 valence electrons. The Morgan fingerprint density at radius 1 is 1.00 bits per heavy atom. The zero-order valence-corrected chi connectivity index (χ0v) is 12.5. The van der Waals surface area contributed by atoms with Crippen molar-refractivity contribution in [2.45, 2.75) is 61.1 Å². The smallest absolute Gasteiger partial charge is 0.166 e. The summed E-state index contributed by atoms with van der Waals surface area (Å²) < 4.78 is 37.7. The van der Waals surface area contributed by atoms with Crippen LogP contribution in [0.4, 0.5) is 13.2 Å². The average molecular weight is 262 g/mol. The summed E-state index contributed by atoms with van der Waals surface area (Å²) in [6.07, 6.45) is -0.361. The molecule has 0 aliphatic heterocycles. The van der Waals surface area contributed by atoms with Crippen molar-refractivity contribution >= 4 is 0 Å². The van der Waals surface area contributed by atoms with Gasteiger partial charge in [-0.1, -0.05) is 46.8 Å². The molecule has 0 atom stereocenters. The summed E-state index contributed by atoms with van der Waals surface area (Å²) >= 11 is 0. The van der Waals surface area contributed by atoms with Gasteiger partial charge in [0.2, 0.25) is 0 Å². The van der Waals surface area contributed by atoms with Crippen molar-refractivity contribution < 1.29 is 13.2 Å². The SMILES string of the molecule is CC=C(C=C(C)C(F)(F)F)C(C)(C)CC(C)(C)C. The van der Waals surface area contributed by atoms with Crippen LogP contribution in [0, 0.1) is 10.8 Å². The maximum Gasteiger partial charge on any atom is 0.412 e. The largest absolute Gasteiger partial charge is 0.412 e. The molecule has 0 unspecified atom stereocenters. The second-order valence-corrected chi connectivity index (χ2v) is 6.69. The van der Waals surface area contributed by atoms with Crippen molar-refractivity contribution in [3.63, 3.8) is 0 Å². The molecular weight excluding hydrogens is 237 g/mol. The molecule has 0 spiro atoms. The van der Waals surface area contributed by atoms with Gasteiger partial charge in [0.25, 0.3) is 0 Å². The first-order valence-corrected chi connectivity index (χ1v) is 6.22. The van der Waals surface area contributed by atoms with Crippen molar-refractivity contribution in [3.05, 3.63) is 23.3 Å². The van der Waals surface area contributed by atoms with Gasteiger partial charge in [-0.05, 0) is 36.7 Å². The summed E-state index contributed by atoms with van der Waals surface area (Å²) in [4.78, 5) is 0. The van der Waals surface area contributed by atoms with E-state index in [-0.39, 0.29) is 10.8 Å². The molecule has 0 amide bonds. The predicted octanol–water partition coefficient (Wildman–Crippen LogP) is 5.90. The fraction of sp³-hybridized carbons (Fsp3) is 0.733. The number of alkyl halides is 3. The van der Waals surface area contributed by atoms with Crippen molar-refractivity contribution in [2.75, 3.05) is 0 Å². The van der Waals surface area contributed by atoms with Crippen LogP contribution in [0.5, 0.6) is 0 Å². The number of halogens is 3. The quantitative estimate of drug-likeness (QED) is 0.555. The lowest BCUT2D eigenvalue weighted by Crippen LogP contribution is -2.23. The van der Waals surface area contributed by atoms with Gasteiger partial charge in [0.1, 0.15) is 0 Å². The van der Waals surface area contributed by atoms with Gasteiger partial charge < -0.3 is 0 Å². The number of hydrogen-bond donors (Lipinski definition) is 0. The Bertz CT molecular complexity index is 336. The summed E-state index contributed by atoms with van der Waals surface area (Å²) in [5.41, 5.74) is 0.0156.